The van der Waals surface area contributed by atoms with Gasteiger partial charge in [0.25, 0.3) is 0 Å². The molecule has 0 heterocycles. The maximum atomic E-state index is 10.9. The van der Waals surface area contributed by atoms with Crippen molar-refractivity contribution in [2.24, 2.45) is 39.4 Å². The normalized spacial score (nSPS) is 64.6. The van der Waals surface area contributed by atoms with E-state index in [1.165, 1.54) is 6.42 Å². The first-order valence-electron chi connectivity index (χ1n) is 9.62. The van der Waals surface area contributed by atoms with Crippen LogP contribution in [0.5, 0.6) is 0 Å². The summed E-state index contributed by atoms with van der Waals surface area (Å²) in [5.74, 6) is 1.31. The SMILES string of the molecule is C[C@H]1[C@H](O)C[C@@H](O)[C@]2(C)CC[C@H]3[C@@H]4[C@@](C)(CO)CC[C@]4(C)C[C@]132. The molecular formula is C20H34O3. The number of rotatable bonds is 1. The van der Waals surface area contributed by atoms with Crippen molar-refractivity contribution in [1.82, 2.24) is 0 Å². The van der Waals surface area contributed by atoms with E-state index in [1.54, 1.807) is 0 Å². The zero-order valence-electron chi connectivity index (χ0n) is 15.2. The molecule has 0 radical (unpaired) electrons. The monoisotopic (exact) mass is 322 g/mol. The van der Waals surface area contributed by atoms with Gasteiger partial charge in [0.1, 0.15) is 0 Å². The smallest absolute Gasteiger partial charge is 0.0624 e. The maximum Gasteiger partial charge on any atom is 0.0624 e. The second kappa shape index (κ2) is 4.53. The number of aliphatic hydroxyl groups excluding tert-OH is 3. The summed E-state index contributed by atoms with van der Waals surface area (Å²) in [6, 6.07) is 0. The van der Waals surface area contributed by atoms with E-state index in [-0.39, 0.29) is 46.4 Å². The van der Waals surface area contributed by atoms with Crippen LogP contribution < -0.4 is 0 Å². The van der Waals surface area contributed by atoms with Crippen LogP contribution >= 0.6 is 0 Å². The van der Waals surface area contributed by atoms with E-state index in [2.05, 4.69) is 27.7 Å². The molecule has 23 heavy (non-hydrogen) atoms. The summed E-state index contributed by atoms with van der Waals surface area (Å²) in [6.07, 6.45) is 5.41. The first-order chi connectivity index (χ1) is 10.6. The molecule has 0 unspecified atom stereocenters. The van der Waals surface area contributed by atoms with E-state index < -0.39 is 0 Å². The van der Waals surface area contributed by atoms with Gasteiger partial charge in [-0.3, -0.25) is 0 Å². The first-order valence-corrected chi connectivity index (χ1v) is 9.62. The van der Waals surface area contributed by atoms with Crippen molar-refractivity contribution >= 4 is 0 Å². The molecule has 4 saturated carbocycles. The highest BCUT2D eigenvalue weighted by Gasteiger charge is 2.76. The lowest BCUT2D eigenvalue weighted by molar-refractivity contribution is -0.173. The van der Waals surface area contributed by atoms with E-state index in [0.29, 0.717) is 18.3 Å². The number of aliphatic hydroxyl groups is 3. The van der Waals surface area contributed by atoms with Crippen LogP contribution in [0.25, 0.3) is 0 Å². The Balaban J connectivity index is 1.86. The van der Waals surface area contributed by atoms with E-state index in [4.69, 9.17) is 0 Å². The van der Waals surface area contributed by atoms with Crippen LogP contribution in [-0.4, -0.2) is 34.1 Å². The number of hydrogen-bond donors (Lipinski definition) is 3. The minimum Gasteiger partial charge on any atom is -0.396 e. The average Bonchev–Trinajstić information content (AvgIpc) is 3.03. The van der Waals surface area contributed by atoms with Crippen molar-refractivity contribution in [3.05, 3.63) is 0 Å². The van der Waals surface area contributed by atoms with Crippen molar-refractivity contribution in [2.45, 2.75) is 78.4 Å². The minimum absolute atomic E-state index is 0.0151. The van der Waals surface area contributed by atoms with E-state index in [1.807, 2.05) is 0 Å². The molecule has 9 atom stereocenters. The Kier molecular flexibility index (Phi) is 3.22. The number of hydrogen-bond acceptors (Lipinski definition) is 3. The Morgan fingerprint density at radius 2 is 1.74 bits per heavy atom. The molecule has 0 amide bonds. The first kappa shape index (κ1) is 16.4. The van der Waals surface area contributed by atoms with Gasteiger partial charge in [0, 0.05) is 13.0 Å². The Hall–Kier alpha value is -0.120. The lowest BCUT2D eigenvalue weighted by atomic mass is 9.49. The number of fused-ring (bicyclic) bond motifs is 2. The second-order valence-electron chi connectivity index (χ2n) is 10.3. The van der Waals surface area contributed by atoms with Crippen molar-refractivity contribution in [3.8, 4) is 0 Å². The van der Waals surface area contributed by atoms with Gasteiger partial charge in [-0.05, 0) is 71.5 Å². The van der Waals surface area contributed by atoms with Gasteiger partial charge in [-0.2, -0.15) is 0 Å². The third-order valence-corrected chi connectivity index (χ3v) is 9.52. The third kappa shape index (κ3) is 1.63. The van der Waals surface area contributed by atoms with Crippen LogP contribution in [0.4, 0.5) is 0 Å². The summed E-state index contributed by atoms with van der Waals surface area (Å²) in [4.78, 5) is 0. The van der Waals surface area contributed by atoms with Gasteiger partial charge in [0.05, 0.1) is 12.2 Å². The summed E-state index contributed by atoms with van der Waals surface area (Å²) in [7, 11) is 0. The largest absolute Gasteiger partial charge is 0.396 e. The van der Waals surface area contributed by atoms with Crippen molar-refractivity contribution in [1.29, 1.82) is 0 Å². The van der Waals surface area contributed by atoms with Gasteiger partial charge >= 0.3 is 0 Å². The predicted octanol–water partition coefficient (Wildman–Crippen LogP) is 2.97. The minimum atomic E-state index is -0.388. The molecule has 0 bridgehead atoms. The van der Waals surface area contributed by atoms with Crippen molar-refractivity contribution in [2.75, 3.05) is 6.61 Å². The molecule has 0 aromatic carbocycles. The molecule has 0 aromatic rings. The highest BCUT2D eigenvalue weighted by molar-refractivity contribution is 5.24. The highest BCUT2D eigenvalue weighted by atomic mass is 16.3. The maximum absolute atomic E-state index is 10.9. The quantitative estimate of drug-likeness (QED) is 0.695. The van der Waals surface area contributed by atoms with Crippen LogP contribution in [0, 0.1) is 39.4 Å². The predicted molar refractivity (Wildman–Crippen MR) is 89.7 cm³/mol. The molecule has 4 fully saturated rings. The molecule has 1 spiro atoms. The van der Waals surface area contributed by atoms with Crippen LogP contribution in [0.3, 0.4) is 0 Å². The van der Waals surface area contributed by atoms with Gasteiger partial charge in [0.2, 0.25) is 0 Å². The van der Waals surface area contributed by atoms with Gasteiger partial charge in [-0.1, -0.05) is 27.7 Å². The summed E-state index contributed by atoms with van der Waals surface area (Å²) in [6.45, 7) is 9.49. The topological polar surface area (TPSA) is 60.7 Å². The Morgan fingerprint density at radius 3 is 2.39 bits per heavy atom. The summed E-state index contributed by atoms with van der Waals surface area (Å²) in [5, 5.41) is 31.7. The van der Waals surface area contributed by atoms with Crippen LogP contribution in [0.2, 0.25) is 0 Å². The van der Waals surface area contributed by atoms with E-state index in [9.17, 15) is 15.3 Å². The molecule has 3 nitrogen and oxygen atoms in total. The molecular weight excluding hydrogens is 288 g/mol. The molecule has 4 rings (SSSR count). The van der Waals surface area contributed by atoms with Crippen LogP contribution in [-0.2, 0) is 0 Å². The third-order valence-electron chi connectivity index (χ3n) is 9.52. The van der Waals surface area contributed by atoms with Gasteiger partial charge in [-0.25, -0.2) is 0 Å². The molecule has 0 aromatic heterocycles. The molecule has 132 valence electrons. The summed E-state index contributed by atoms with van der Waals surface area (Å²) < 4.78 is 0. The Bertz CT molecular complexity index is 521. The van der Waals surface area contributed by atoms with E-state index >= 15 is 0 Å². The summed E-state index contributed by atoms with van der Waals surface area (Å²) >= 11 is 0. The molecule has 0 aliphatic heterocycles. The fourth-order valence-corrected chi connectivity index (χ4v) is 8.44. The van der Waals surface area contributed by atoms with Crippen LogP contribution in [0.15, 0.2) is 0 Å². The highest BCUT2D eigenvalue weighted by Crippen LogP contribution is 2.80. The summed E-state index contributed by atoms with van der Waals surface area (Å²) in [5.41, 5.74) is 0.247. The standard InChI is InChI=1S/C20H34O3/c1-12-14(22)9-15(23)19(4)6-5-13-16-17(2,10-20(12,13)19)7-8-18(16,3)11-21/h12-16,21-23H,5-11H2,1-4H3/t12-,13-,14+,15+,16-,17+,18+,19-,20-/m0/s1. The Labute approximate surface area is 140 Å². The van der Waals surface area contributed by atoms with Crippen molar-refractivity contribution < 1.29 is 15.3 Å². The van der Waals surface area contributed by atoms with Gasteiger partial charge < -0.3 is 15.3 Å². The zero-order chi connectivity index (χ0) is 16.8. The Morgan fingerprint density at radius 1 is 1.04 bits per heavy atom. The molecule has 4 aliphatic carbocycles. The molecule has 3 heteroatoms. The van der Waals surface area contributed by atoms with Crippen molar-refractivity contribution in [3.63, 3.8) is 0 Å². The molecule has 3 N–H and O–H groups in total. The lowest BCUT2D eigenvalue weighted by Gasteiger charge is -2.57. The molecule has 4 aliphatic rings. The zero-order valence-corrected chi connectivity index (χ0v) is 15.2. The fourth-order valence-electron chi connectivity index (χ4n) is 8.44. The van der Waals surface area contributed by atoms with Gasteiger partial charge in [-0.15, -0.1) is 0 Å². The fraction of sp³-hybridized carbons (Fsp3) is 1.00. The molecule has 0 saturated heterocycles. The van der Waals surface area contributed by atoms with E-state index in [0.717, 1.165) is 25.7 Å². The van der Waals surface area contributed by atoms with Gasteiger partial charge in [0.15, 0.2) is 0 Å². The lowest BCUT2D eigenvalue weighted by Crippen LogP contribution is -2.58. The average molecular weight is 322 g/mol. The second-order valence-corrected chi connectivity index (χ2v) is 10.3. The van der Waals surface area contributed by atoms with Crippen LogP contribution in [0.1, 0.15) is 66.2 Å².